The third kappa shape index (κ3) is 7.40. The molecule has 35 heavy (non-hydrogen) atoms. The number of nitrogens with zero attached hydrogens (tertiary/aromatic N) is 2. The Morgan fingerprint density at radius 1 is 1.37 bits per heavy atom. The van der Waals surface area contributed by atoms with Crippen molar-refractivity contribution in [1.29, 1.82) is 0 Å². The summed E-state index contributed by atoms with van der Waals surface area (Å²) in [6, 6.07) is -0.905. The van der Waals surface area contributed by atoms with E-state index in [1.165, 1.54) is 23.1 Å². The molecular formula is C23H30N4O5S3. The highest BCUT2D eigenvalue weighted by atomic mass is 32.2. The number of fused-ring (bicyclic) bond motifs is 4. The standard InChI is InChI=1S/C23H30N4O5S3/c1-13(2)19-21(30)32-15(5-4-8-24-17(29)10-33)9-14(28)6-7-18-25-16(11-34-18)20-27-23(3,12-35-20)22(31)26-19/h4-5,11,13,15,19,33H,6-10,12H2,1-3H3,(H,24,29)(H,26,31)/b5-4+/t15?,19-,23-/m0/s1. The minimum Gasteiger partial charge on any atom is -0.456 e. The van der Waals surface area contributed by atoms with E-state index in [-0.39, 0.29) is 48.7 Å². The molecule has 1 aromatic rings. The molecule has 2 amide bonds. The third-order valence-corrected chi connectivity index (χ3v) is 8.01. The number of thiazole rings is 1. The minimum absolute atomic E-state index is 0.0139. The number of thiol groups is 1. The second-order valence-electron chi connectivity index (χ2n) is 8.91. The van der Waals surface area contributed by atoms with Crippen LogP contribution in [0.3, 0.4) is 0 Å². The third-order valence-electron chi connectivity index (χ3n) is 5.53. The van der Waals surface area contributed by atoms with Crippen molar-refractivity contribution in [3.63, 3.8) is 0 Å². The number of aliphatic imine (C=N–C) groups is 1. The number of carbonyl (C=O) groups excluding carboxylic acids is 4. The zero-order valence-corrected chi connectivity index (χ0v) is 22.4. The molecule has 3 heterocycles. The van der Waals surface area contributed by atoms with Gasteiger partial charge >= 0.3 is 5.97 Å². The summed E-state index contributed by atoms with van der Waals surface area (Å²) in [4.78, 5) is 59.6. The van der Waals surface area contributed by atoms with Crippen LogP contribution in [0.4, 0.5) is 0 Å². The fourth-order valence-corrected chi connectivity index (χ4v) is 5.56. The number of rotatable bonds is 5. The Balaban J connectivity index is 1.86. The molecule has 3 atom stereocenters. The van der Waals surface area contributed by atoms with Gasteiger partial charge in [0, 0.05) is 36.9 Å². The molecular weight excluding hydrogens is 508 g/mol. The molecule has 4 bridgehead atoms. The molecule has 0 saturated heterocycles. The summed E-state index contributed by atoms with van der Waals surface area (Å²) in [6.07, 6.45) is 3.10. The molecule has 0 aliphatic carbocycles. The van der Waals surface area contributed by atoms with Gasteiger partial charge in [-0.2, -0.15) is 12.6 Å². The summed E-state index contributed by atoms with van der Waals surface area (Å²) < 4.78 is 5.68. The fourth-order valence-electron chi connectivity index (χ4n) is 3.46. The molecule has 190 valence electrons. The average Bonchev–Trinajstić information content (AvgIpc) is 3.45. The molecule has 0 fully saturated rings. The van der Waals surface area contributed by atoms with E-state index in [4.69, 9.17) is 4.74 Å². The molecule has 3 rings (SSSR count). The van der Waals surface area contributed by atoms with Crippen LogP contribution in [0, 0.1) is 5.92 Å². The molecule has 0 radical (unpaired) electrons. The predicted octanol–water partition coefficient (Wildman–Crippen LogP) is 1.96. The molecule has 0 aromatic carbocycles. The van der Waals surface area contributed by atoms with Crippen LogP contribution in [-0.2, 0) is 30.3 Å². The van der Waals surface area contributed by atoms with Gasteiger partial charge in [0.25, 0.3) is 0 Å². The Morgan fingerprint density at radius 3 is 2.86 bits per heavy atom. The van der Waals surface area contributed by atoms with Crippen LogP contribution in [0.5, 0.6) is 0 Å². The van der Waals surface area contributed by atoms with E-state index in [1.54, 1.807) is 19.1 Å². The van der Waals surface area contributed by atoms with Crippen molar-refractivity contribution in [2.45, 2.75) is 57.7 Å². The van der Waals surface area contributed by atoms with Crippen LogP contribution < -0.4 is 10.6 Å². The Labute approximate surface area is 218 Å². The van der Waals surface area contributed by atoms with Gasteiger partial charge < -0.3 is 15.4 Å². The SMILES string of the molecule is CC(C)[C@@H]1NC(=O)[C@]2(C)CSC(=N2)c2csc(n2)CCC(=O)CC(/C=C/CNC(=O)CS)OC1=O. The number of esters is 1. The first-order valence-corrected chi connectivity index (χ1v) is 13.9. The van der Waals surface area contributed by atoms with Crippen molar-refractivity contribution in [2.75, 3.05) is 18.1 Å². The quantitative estimate of drug-likeness (QED) is 0.297. The zero-order valence-electron chi connectivity index (χ0n) is 19.9. The number of nitrogens with one attached hydrogen (secondary N) is 2. The minimum atomic E-state index is -1.03. The molecule has 0 spiro atoms. The topological polar surface area (TPSA) is 127 Å². The van der Waals surface area contributed by atoms with Gasteiger partial charge in [-0.3, -0.25) is 19.4 Å². The average molecular weight is 539 g/mol. The predicted molar refractivity (Wildman–Crippen MR) is 140 cm³/mol. The normalized spacial score (nSPS) is 26.0. The van der Waals surface area contributed by atoms with Gasteiger partial charge in [0.15, 0.2) is 0 Å². The van der Waals surface area contributed by atoms with Crippen molar-refractivity contribution < 1.29 is 23.9 Å². The highest BCUT2D eigenvalue weighted by Crippen LogP contribution is 2.32. The number of hydrogen-bond acceptors (Lipinski definition) is 10. The molecule has 2 aliphatic rings. The van der Waals surface area contributed by atoms with Gasteiger partial charge in [-0.1, -0.05) is 19.9 Å². The fraction of sp³-hybridized carbons (Fsp3) is 0.565. The van der Waals surface area contributed by atoms with Crippen molar-refractivity contribution >= 4 is 64.3 Å². The van der Waals surface area contributed by atoms with Crippen LogP contribution >= 0.6 is 35.7 Å². The van der Waals surface area contributed by atoms with Gasteiger partial charge in [-0.05, 0) is 18.9 Å². The zero-order chi connectivity index (χ0) is 25.6. The summed E-state index contributed by atoms with van der Waals surface area (Å²) in [6.45, 7) is 5.57. The monoisotopic (exact) mass is 538 g/mol. The number of thioether (sulfide) groups is 1. The Morgan fingerprint density at radius 2 is 2.14 bits per heavy atom. The highest BCUT2D eigenvalue weighted by molar-refractivity contribution is 8.14. The molecule has 12 heteroatoms. The number of ketones is 1. The van der Waals surface area contributed by atoms with Gasteiger partial charge in [-0.15, -0.1) is 23.1 Å². The van der Waals surface area contributed by atoms with E-state index in [1.807, 2.05) is 19.2 Å². The number of Topliss-reactive ketones (excluding diaryl/α,β-unsaturated/α-hetero) is 1. The van der Waals surface area contributed by atoms with Crippen molar-refractivity contribution in [3.8, 4) is 0 Å². The van der Waals surface area contributed by atoms with Gasteiger partial charge in [-0.25, -0.2) is 9.78 Å². The molecule has 1 aromatic heterocycles. The summed E-state index contributed by atoms with van der Waals surface area (Å²) in [5, 5.41) is 8.83. The lowest BCUT2D eigenvalue weighted by Crippen LogP contribution is -2.53. The van der Waals surface area contributed by atoms with Gasteiger partial charge in [0.05, 0.1) is 10.8 Å². The molecule has 2 N–H and O–H groups in total. The number of ether oxygens (including phenoxy) is 1. The Hall–Kier alpha value is -2.18. The number of aryl methyl sites for hydroxylation is 1. The molecule has 9 nitrogen and oxygen atoms in total. The smallest absolute Gasteiger partial charge is 0.329 e. The largest absolute Gasteiger partial charge is 0.456 e. The van der Waals surface area contributed by atoms with E-state index in [2.05, 4.69) is 33.2 Å². The van der Waals surface area contributed by atoms with Crippen LogP contribution in [0.25, 0.3) is 0 Å². The second kappa shape index (κ2) is 12.2. The molecule has 0 saturated carbocycles. The summed E-state index contributed by atoms with van der Waals surface area (Å²) >= 11 is 6.81. The van der Waals surface area contributed by atoms with Crippen LogP contribution in [0.2, 0.25) is 0 Å². The van der Waals surface area contributed by atoms with E-state index in [0.29, 0.717) is 22.9 Å². The maximum absolute atomic E-state index is 13.2. The highest BCUT2D eigenvalue weighted by Gasteiger charge is 2.41. The number of carbonyl (C=O) groups is 4. The molecule has 1 unspecified atom stereocenters. The summed E-state index contributed by atoms with van der Waals surface area (Å²) in [7, 11) is 0. The van der Waals surface area contributed by atoms with Crippen molar-refractivity contribution in [1.82, 2.24) is 15.6 Å². The van der Waals surface area contributed by atoms with E-state index in [9.17, 15) is 19.2 Å². The van der Waals surface area contributed by atoms with E-state index >= 15 is 0 Å². The number of hydrogen-bond donors (Lipinski definition) is 3. The first-order chi connectivity index (χ1) is 16.6. The first kappa shape index (κ1) is 27.4. The number of aromatic nitrogens is 1. The van der Waals surface area contributed by atoms with Crippen LogP contribution in [0.1, 0.15) is 44.3 Å². The van der Waals surface area contributed by atoms with Crippen molar-refractivity contribution in [3.05, 3.63) is 28.2 Å². The Kier molecular flexibility index (Phi) is 9.54. The summed E-state index contributed by atoms with van der Waals surface area (Å²) in [5.41, 5.74) is -0.329. The maximum Gasteiger partial charge on any atom is 0.329 e. The Bertz CT molecular complexity index is 1040. The van der Waals surface area contributed by atoms with Crippen LogP contribution in [0.15, 0.2) is 22.5 Å². The lowest BCUT2D eigenvalue weighted by molar-refractivity contribution is -0.153. The van der Waals surface area contributed by atoms with E-state index in [0.717, 1.165) is 5.01 Å². The number of cyclic esters (lactones) is 1. The maximum atomic E-state index is 13.2. The van der Waals surface area contributed by atoms with Gasteiger partial charge in [0.2, 0.25) is 11.8 Å². The summed E-state index contributed by atoms with van der Waals surface area (Å²) in [5.74, 6) is -1.06. The van der Waals surface area contributed by atoms with Gasteiger partial charge in [0.1, 0.15) is 34.2 Å². The first-order valence-electron chi connectivity index (χ1n) is 11.4. The lowest BCUT2D eigenvalue weighted by Gasteiger charge is -2.27. The molecule has 2 aliphatic heterocycles. The number of amides is 2. The van der Waals surface area contributed by atoms with E-state index < -0.39 is 23.7 Å². The second-order valence-corrected chi connectivity index (χ2v) is 11.1. The van der Waals surface area contributed by atoms with Crippen LogP contribution in [-0.4, -0.2) is 69.3 Å². The lowest BCUT2D eigenvalue weighted by atomic mass is 10.00. The van der Waals surface area contributed by atoms with Crippen molar-refractivity contribution in [2.24, 2.45) is 10.9 Å².